The van der Waals surface area contributed by atoms with Crippen LogP contribution in [0.3, 0.4) is 0 Å². The average molecular weight is 227 g/mol. The number of hydrogen-bond donors (Lipinski definition) is 1. The predicted molar refractivity (Wildman–Crippen MR) is 62.8 cm³/mol. The maximum absolute atomic E-state index is 5.64. The molecule has 0 aromatic heterocycles. The van der Waals surface area contributed by atoms with Crippen LogP contribution >= 0.6 is 12.2 Å². The van der Waals surface area contributed by atoms with Crippen molar-refractivity contribution in [3.63, 3.8) is 0 Å². The minimum absolute atomic E-state index is 0.112. The molecule has 0 radical (unpaired) electrons. The normalized spacial score (nSPS) is 31.9. The minimum atomic E-state index is 0.112. The van der Waals surface area contributed by atoms with Crippen LogP contribution in [-0.2, 0) is 9.47 Å². The van der Waals surface area contributed by atoms with E-state index in [0.717, 1.165) is 25.8 Å². The molecule has 1 saturated heterocycles. The van der Waals surface area contributed by atoms with Gasteiger partial charge in [-0.2, -0.15) is 0 Å². The molecule has 0 aromatic carbocycles. The highest BCUT2D eigenvalue weighted by Crippen LogP contribution is 2.30. The summed E-state index contributed by atoms with van der Waals surface area (Å²) in [6.45, 7) is 3.05. The summed E-state index contributed by atoms with van der Waals surface area (Å²) in [6, 6.07) is 0. The summed E-state index contributed by atoms with van der Waals surface area (Å²) in [5.41, 5.74) is 0. The summed E-state index contributed by atoms with van der Waals surface area (Å²) in [4.78, 5) is 0. The van der Waals surface area contributed by atoms with E-state index < -0.39 is 0 Å². The lowest BCUT2D eigenvalue weighted by Gasteiger charge is -2.18. The molecular weight excluding hydrogens is 210 g/mol. The van der Waals surface area contributed by atoms with Crippen molar-refractivity contribution in [2.75, 3.05) is 6.54 Å². The van der Waals surface area contributed by atoms with Crippen LogP contribution in [0.15, 0.2) is 12.2 Å². The van der Waals surface area contributed by atoms with Gasteiger partial charge in [-0.15, -0.1) is 0 Å². The first-order valence-corrected chi connectivity index (χ1v) is 5.98. The van der Waals surface area contributed by atoms with E-state index in [2.05, 4.69) is 24.4 Å². The Morgan fingerprint density at radius 1 is 1.60 bits per heavy atom. The number of rotatable bonds is 4. The molecule has 3 unspecified atom stereocenters. The van der Waals surface area contributed by atoms with Gasteiger partial charge in [0.15, 0.2) is 0 Å². The zero-order valence-electron chi connectivity index (χ0n) is 8.94. The maximum atomic E-state index is 5.64. The molecule has 2 heterocycles. The SMILES string of the molecule is CCCCNC(=S)OC1CC2C=CC1O2. The molecular formula is C11H17NO2S. The van der Waals surface area contributed by atoms with Crippen molar-refractivity contribution in [1.29, 1.82) is 0 Å². The Bertz CT molecular complexity index is 267. The van der Waals surface area contributed by atoms with E-state index in [1.54, 1.807) is 0 Å². The van der Waals surface area contributed by atoms with E-state index in [0.29, 0.717) is 5.17 Å². The highest BCUT2D eigenvalue weighted by atomic mass is 32.1. The van der Waals surface area contributed by atoms with Gasteiger partial charge in [0.05, 0.1) is 6.10 Å². The van der Waals surface area contributed by atoms with E-state index >= 15 is 0 Å². The molecule has 0 spiro atoms. The third-order valence-electron chi connectivity index (χ3n) is 2.74. The van der Waals surface area contributed by atoms with Crippen molar-refractivity contribution in [2.45, 2.75) is 44.5 Å². The lowest BCUT2D eigenvalue weighted by Crippen LogP contribution is -2.33. The molecule has 0 aromatic rings. The largest absolute Gasteiger partial charge is 0.465 e. The standard InChI is InChI=1S/C11H17NO2S/c1-2-3-6-12-11(15)14-10-7-8-4-5-9(10)13-8/h4-5,8-10H,2-3,6-7H2,1H3,(H,12,15). The van der Waals surface area contributed by atoms with Gasteiger partial charge < -0.3 is 14.8 Å². The highest BCUT2D eigenvalue weighted by Gasteiger charge is 2.38. The first-order chi connectivity index (χ1) is 7.29. The third kappa shape index (κ3) is 2.69. The molecule has 3 atom stereocenters. The van der Waals surface area contributed by atoms with Gasteiger partial charge in [0.1, 0.15) is 12.2 Å². The van der Waals surface area contributed by atoms with E-state index in [-0.39, 0.29) is 18.3 Å². The van der Waals surface area contributed by atoms with Gasteiger partial charge in [0.2, 0.25) is 0 Å². The molecule has 2 aliphatic rings. The van der Waals surface area contributed by atoms with Crippen molar-refractivity contribution < 1.29 is 9.47 Å². The Kier molecular flexibility index (Phi) is 3.59. The molecule has 84 valence electrons. The second-order valence-corrected chi connectivity index (χ2v) is 4.35. The topological polar surface area (TPSA) is 30.5 Å². The molecule has 0 aliphatic carbocycles. The van der Waals surface area contributed by atoms with Crippen LogP contribution in [0.4, 0.5) is 0 Å². The molecule has 2 aliphatic heterocycles. The van der Waals surface area contributed by atoms with E-state index in [4.69, 9.17) is 21.7 Å². The van der Waals surface area contributed by atoms with Crippen LogP contribution in [0.1, 0.15) is 26.2 Å². The lowest BCUT2D eigenvalue weighted by molar-refractivity contribution is 0.0749. The summed E-state index contributed by atoms with van der Waals surface area (Å²) in [5, 5.41) is 3.61. The summed E-state index contributed by atoms with van der Waals surface area (Å²) in [5.74, 6) is 0. The Morgan fingerprint density at radius 2 is 2.47 bits per heavy atom. The second kappa shape index (κ2) is 4.94. The van der Waals surface area contributed by atoms with Crippen LogP contribution in [0, 0.1) is 0 Å². The maximum Gasteiger partial charge on any atom is 0.257 e. The fourth-order valence-corrected chi connectivity index (χ4v) is 2.12. The predicted octanol–water partition coefficient (Wildman–Crippen LogP) is 1.77. The third-order valence-corrected chi connectivity index (χ3v) is 2.98. The Hall–Kier alpha value is -0.610. The number of fused-ring (bicyclic) bond motifs is 2. The van der Waals surface area contributed by atoms with Crippen molar-refractivity contribution in [3.05, 3.63) is 12.2 Å². The first-order valence-electron chi connectivity index (χ1n) is 5.58. The molecule has 0 saturated carbocycles. The number of ether oxygens (including phenoxy) is 2. The van der Waals surface area contributed by atoms with Gasteiger partial charge in [-0.3, -0.25) is 0 Å². The van der Waals surface area contributed by atoms with Gasteiger partial charge >= 0.3 is 0 Å². The number of unbranched alkanes of at least 4 members (excludes halogenated alkanes) is 1. The summed E-state index contributed by atoms with van der Waals surface area (Å²) in [6.07, 6.45) is 7.84. The quantitative estimate of drug-likeness (QED) is 0.450. The van der Waals surface area contributed by atoms with E-state index in [9.17, 15) is 0 Å². The first kappa shape index (κ1) is 10.9. The smallest absolute Gasteiger partial charge is 0.257 e. The number of thiocarbonyl (C=S) groups is 1. The summed E-state index contributed by atoms with van der Waals surface area (Å²) >= 11 is 5.11. The van der Waals surface area contributed by atoms with E-state index in [1.165, 1.54) is 0 Å². The zero-order chi connectivity index (χ0) is 10.7. The molecule has 15 heavy (non-hydrogen) atoms. The van der Waals surface area contributed by atoms with Crippen LogP contribution in [0.5, 0.6) is 0 Å². The monoisotopic (exact) mass is 227 g/mol. The number of nitrogens with one attached hydrogen (secondary N) is 1. The van der Waals surface area contributed by atoms with Gasteiger partial charge in [-0.1, -0.05) is 25.5 Å². The molecule has 4 heteroatoms. The van der Waals surface area contributed by atoms with Crippen LogP contribution < -0.4 is 5.32 Å². The van der Waals surface area contributed by atoms with Gasteiger partial charge in [0, 0.05) is 13.0 Å². The van der Waals surface area contributed by atoms with Crippen molar-refractivity contribution in [3.8, 4) is 0 Å². The summed E-state index contributed by atoms with van der Waals surface area (Å²) in [7, 11) is 0. The van der Waals surface area contributed by atoms with Crippen LogP contribution in [-0.4, -0.2) is 30.0 Å². The Balaban J connectivity index is 1.69. The molecule has 2 bridgehead atoms. The zero-order valence-corrected chi connectivity index (χ0v) is 9.76. The van der Waals surface area contributed by atoms with Crippen LogP contribution in [0.2, 0.25) is 0 Å². The Labute approximate surface area is 95.8 Å². The van der Waals surface area contributed by atoms with Crippen LogP contribution in [0.25, 0.3) is 0 Å². The molecule has 1 fully saturated rings. The van der Waals surface area contributed by atoms with Gasteiger partial charge in [-0.25, -0.2) is 0 Å². The second-order valence-electron chi connectivity index (χ2n) is 3.98. The molecule has 1 N–H and O–H groups in total. The average Bonchev–Trinajstić information content (AvgIpc) is 2.79. The summed E-state index contributed by atoms with van der Waals surface area (Å²) < 4.78 is 11.2. The Morgan fingerprint density at radius 3 is 3.07 bits per heavy atom. The van der Waals surface area contributed by atoms with Crippen molar-refractivity contribution in [1.82, 2.24) is 5.32 Å². The lowest BCUT2D eigenvalue weighted by atomic mass is 10.1. The fourth-order valence-electron chi connectivity index (χ4n) is 1.90. The highest BCUT2D eigenvalue weighted by molar-refractivity contribution is 7.80. The van der Waals surface area contributed by atoms with Crippen molar-refractivity contribution >= 4 is 17.4 Å². The molecule has 3 nitrogen and oxygen atoms in total. The van der Waals surface area contributed by atoms with E-state index in [1.807, 2.05) is 0 Å². The fraction of sp³-hybridized carbons (Fsp3) is 0.727. The number of hydrogen-bond acceptors (Lipinski definition) is 3. The molecule has 0 amide bonds. The minimum Gasteiger partial charge on any atom is -0.465 e. The molecule has 2 rings (SSSR count). The van der Waals surface area contributed by atoms with Gasteiger partial charge in [0.25, 0.3) is 5.17 Å². The van der Waals surface area contributed by atoms with Crippen molar-refractivity contribution in [2.24, 2.45) is 0 Å². The van der Waals surface area contributed by atoms with Gasteiger partial charge in [-0.05, 0) is 18.6 Å².